The first-order valence-corrected chi connectivity index (χ1v) is 9.07. The number of nitrogens with zero attached hydrogens (tertiary/aromatic N) is 1. The highest BCUT2D eigenvalue weighted by molar-refractivity contribution is 6.08. The first-order chi connectivity index (χ1) is 12.6. The van der Waals surface area contributed by atoms with Gasteiger partial charge in [0.05, 0.1) is 5.41 Å². The molecule has 0 atom stereocenters. The molecular weight excluding hydrogens is 336 g/mol. The number of carbonyl (C=O) groups excluding carboxylic acids is 3. The SMILES string of the molecule is O=C(CN1C(=O)CC2(CCCCC2)C1=O)NCc1ccc2c(c1)OCO2. The van der Waals surface area contributed by atoms with Crippen LogP contribution in [0, 0.1) is 5.41 Å². The van der Waals surface area contributed by atoms with E-state index in [0.717, 1.165) is 42.6 Å². The van der Waals surface area contributed by atoms with Gasteiger partial charge in [-0.2, -0.15) is 0 Å². The average Bonchev–Trinajstić information content (AvgIpc) is 3.19. The van der Waals surface area contributed by atoms with Gasteiger partial charge in [-0.25, -0.2) is 0 Å². The van der Waals surface area contributed by atoms with Gasteiger partial charge in [0.15, 0.2) is 11.5 Å². The topological polar surface area (TPSA) is 84.9 Å². The monoisotopic (exact) mass is 358 g/mol. The lowest BCUT2D eigenvalue weighted by molar-refractivity contribution is -0.145. The van der Waals surface area contributed by atoms with E-state index in [1.165, 1.54) is 0 Å². The summed E-state index contributed by atoms with van der Waals surface area (Å²) in [5, 5.41) is 2.77. The Morgan fingerprint density at radius 2 is 1.88 bits per heavy atom. The third-order valence-electron chi connectivity index (χ3n) is 5.53. The molecule has 0 unspecified atom stereocenters. The fraction of sp³-hybridized carbons (Fsp3) is 0.526. The Morgan fingerprint density at radius 1 is 1.12 bits per heavy atom. The molecule has 7 nitrogen and oxygen atoms in total. The van der Waals surface area contributed by atoms with Crippen molar-refractivity contribution in [3.05, 3.63) is 23.8 Å². The number of benzene rings is 1. The Balaban J connectivity index is 1.34. The molecule has 2 aliphatic heterocycles. The van der Waals surface area contributed by atoms with E-state index in [1.807, 2.05) is 12.1 Å². The Labute approximate surface area is 151 Å². The van der Waals surface area contributed by atoms with Gasteiger partial charge < -0.3 is 14.8 Å². The second-order valence-electron chi connectivity index (χ2n) is 7.27. The fourth-order valence-corrected chi connectivity index (χ4v) is 4.09. The first kappa shape index (κ1) is 16.9. The van der Waals surface area contributed by atoms with Crippen LogP contribution in [0.3, 0.4) is 0 Å². The van der Waals surface area contributed by atoms with Gasteiger partial charge in [-0.1, -0.05) is 25.3 Å². The molecule has 3 amide bonds. The van der Waals surface area contributed by atoms with E-state index in [2.05, 4.69) is 5.32 Å². The summed E-state index contributed by atoms with van der Waals surface area (Å²) >= 11 is 0. The Hall–Kier alpha value is -2.57. The lowest BCUT2D eigenvalue weighted by atomic mass is 9.73. The van der Waals surface area contributed by atoms with Crippen molar-refractivity contribution in [2.24, 2.45) is 5.41 Å². The summed E-state index contributed by atoms with van der Waals surface area (Å²) < 4.78 is 10.6. The van der Waals surface area contributed by atoms with Crippen LogP contribution >= 0.6 is 0 Å². The normalized spacial score (nSPS) is 20.7. The predicted molar refractivity (Wildman–Crippen MR) is 91.3 cm³/mol. The average molecular weight is 358 g/mol. The highest BCUT2D eigenvalue weighted by Gasteiger charge is 2.51. The van der Waals surface area contributed by atoms with E-state index < -0.39 is 5.41 Å². The number of nitrogens with one attached hydrogen (secondary N) is 1. The van der Waals surface area contributed by atoms with E-state index in [-0.39, 0.29) is 37.5 Å². The van der Waals surface area contributed by atoms with Crippen molar-refractivity contribution in [3.63, 3.8) is 0 Å². The molecule has 1 aliphatic carbocycles. The van der Waals surface area contributed by atoms with Gasteiger partial charge in [-0.15, -0.1) is 0 Å². The van der Waals surface area contributed by atoms with Gasteiger partial charge in [-0.05, 0) is 30.5 Å². The zero-order valence-corrected chi connectivity index (χ0v) is 14.6. The Morgan fingerprint density at radius 3 is 2.69 bits per heavy atom. The van der Waals surface area contributed by atoms with Crippen LogP contribution in [0.25, 0.3) is 0 Å². The largest absolute Gasteiger partial charge is 0.454 e. The zero-order valence-electron chi connectivity index (χ0n) is 14.6. The van der Waals surface area contributed by atoms with Crippen molar-refractivity contribution in [2.75, 3.05) is 13.3 Å². The second kappa shape index (κ2) is 6.63. The van der Waals surface area contributed by atoms with Crippen LogP contribution in [0.15, 0.2) is 18.2 Å². The minimum Gasteiger partial charge on any atom is -0.454 e. The third kappa shape index (κ3) is 3.02. The maximum absolute atomic E-state index is 12.7. The van der Waals surface area contributed by atoms with E-state index in [4.69, 9.17) is 9.47 Å². The smallest absolute Gasteiger partial charge is 0.240 e. The summed E-state index contributed by atoms with van der Waals surface area (Å²) in [6.07, 6.45) is 4.83. The number of imide groups is 1. The number of likely N-dealkylation sites (tertiary alicyclic amines) is 1. The van der Waals surface area contributed by atoms with E-state index >= 15 is 0 Å². The molecule has 0 bridgehead atoms. The van der Waals surface area contributed by atoms with Crippen LogP contribution in [0.1, 0.15) is 44.1 Å². The quantitative estimate of drug-likeness (QED) is 0.829. The number of hydrogen-bond acceptors (Lipinski definition) is 5. The molecule has 1 aromatic carbocycles. The molecule has 2 fully saturated rings. The van der Waals surface area contributed by atoms with Gasteiger partial charge in [0.1, 0.15) is 6.54 Å². The van der Waals surface area contributed by atoms with Crippen molar-refractivity contribution in [1.82, 2.24) is 10.2 Å². The summed E-state index contributed by atoms with van der Waals surface area (Å²) in [5.74, 6) is 0.611. The highest BCUT2D eigenvalue weighted by atomic mass is 16.7. The number of ether oxygens (including phenoxy) is 2. The maximum Gasteiger partial charge on any atom is 0.240 e. The number of rotatable bonds is 4. The Bertz CT molecular complexity index is 754. The van der Waals surface area contributed by atoms with Crippen LogP contribution in [0.2, 0.25) is 0 Å². The van der Waals surface area contributed by atoms with Crippen LogP contribution in [0.5, 0.6) is 11.5 Å². The molecule has 1 aromatic rings. The van der Waals surface area contributed by atoms with Gasteiger partial charge in [0, 0.05) is 13.0 Å². The molecule has 0 aromatic heterocycles. The van der Waals surface area contributed by atoms with Gasteiger partial charge >= 0.3 is 0 Å². The molecule has 138 valence electrons. The molecule has 26 heavy (non-hydrogen) atoms. The summed E-state index contributed by atoms with van der Waals surface area (Å²) in [5.41, 5.74) is 0.317. The molecular formula is C19H22N2O5. The van der Waals surface area contributed by atoms with E-state index in [1.54, 1.807) is 6.07 Å². The summed E-state index contributed by atoms with van der Waals surface area (Å²) in [4.78, 5) is 38.4. The van der Waals surface area contributed by atoms with E-state index in [0.29, 0.717) is 18.0 Å². The maximum atomic E-state index is 12.7. The van der Waals surface area contributed by atoms with Crippen LogP contribution in [-0.4, -0.2) is 36.0 Å². The standard InChI is InChI=1S/C19H22N2O5/c22-16(20-10-13-4-5-14-15(8-13)26-12-25-14)11-21-17(23)9-19(18(21)24)6-2-1-3-7-19/h4-5,8H,1-3,6-7,9-12H2,(H,20,22). The minimum absolute atomic E-state index is 0.166. The molecule has 7 heteroatoms. The molecule has 1 saturated carbocycles. The lowest BCUT2D eigenvalue weighted by Crippen LogP contribution is -2.42. The van der Waals surface area contributed by atoms with Crippen molar-refractivity contribution in [2.45, 2.75) is 45.1 Å². The summed E-state index contributed by atoms with van der Waals surface area (Å²) in [6, 6.07) is 5.45. The molecule has 2 heterocycles. The highest BCUT2D eigenvalue weighted by Crippen LogP contribution is 2.45. The third-order valence-corrected chi connectivity index (χ3v) is 5.53. The summed E-state index contributed by atoms with van der Waals surface area (Å²) in [6.45, 7) is 0.298. The molecule has 4 rings (SSSR count). The lowest BCUT2D eigenvalue weighted by Gasteiger charge is -2.30. The predicted octanol–water partition coefficient (Wildman–Crippen LogP) is 1.74. The number of carbonyl (C=O) groups is 3. The van der Waals surface area contributed by atoms with Gasteiger partial charge in [0.25, 0.3) is 0 Å². The number of amides is 3. The van der Waals surface area contributed by atoms with Crippen LogP contribution in [-0.2, 0) is 20.9 Å². The van der Waals surface area contributed by atoms with Gasteiger partial charge in [0.2, 0.25) is 24.5 Å². The Kier molecular flexibility index (Phi) is 4.30. The van der Waals surface area contributed by atoms with E-state index in [9.17, 15) is 14.4 Å². The van der Waals surface area contributed by atoms with Crippen molar-refractivity contribution < 1.29 is 23.9 Å². The molecule has 0 radical (unpaired) electrons. The zero-order chi connectivity index (χ0) is 18.1. The second-order valence-corrected chi connectivity index (χ2v) is 7.27. The van der Waals surface area contributed by atoms with Crippen LogP contribution < -0.4 is 14.8 Å². The van der Waals surface area contributed by atoms with Crippen molar-refractivity contribution in [1.29, 1.82) is 0 Å². The minimum atomic E-state index is -0.549. The molecule has 1 spiro atoms. The summed E-state index contributed by atoms with van der Waals surface area (Å²) in [7, 11) is 0. The number of hydrogen-bond donors (Lipinski definition) is 1. The van der Waals surface area contributed by atoms with Crippen molar-refractivity contribution >= 4 is 17.7 Å². The van der Waals surface area contributed by atoms with Crippen molar-refractivity contribution in [3.8, 4) is 11.5 Å². The fourth-order valence-electron chi connectivity index (χ4n) is 4.09. The van der Waals surface area contributed by atoms with Crippen LogP contribution in [0.4, 0.5) is 0 Å². The number of fused-ring (bicyclic) bond motifs is 1. The van der Waals surface area contributed by atoms with Gasteiger partial charge in [-0.3, -0.25) is 19.3 Å². The molecule has 3 aliphatic rings. The molecule has 1 N–H and O–H groups in total. The first-order valence-electron chi connectivity index (χ1n) is 9.07. The molecule has 1 saturated heterocycles.